The molecular formula is C10H11FN2O4S. The monoisotopic (exact) mass is 274 g/mol. The molecule has 0 unspecified atom stereocenters. The van der Waals surface area contributed by atoms with Crippen molar-refractivity contribution in [1.29, 1.82) is 0 Å². The predicted molar refractivity (Wildman–Crippen MR) is 61.1 cm³/mol. The first kappa shape index (κ1) is 12.9. The van der Waals surface area contributed by atoms with E-state index in [0.29, 0.717) is 0 Å². The molecule has 1 aliphatic carbocycles. The van der Waals surface area contributed by atoms with Gasteiger partial charge >= 0.3 is 5.69 Å². The number of rotatable bonds is 4. The molecule has 2 rings (SSSR count). The van der Waals surface area contributed by atoms with Crippen LogP contribution in [0, 0.1) is 22.9 Å². The third kappa shape index (κ3) is 2.49. The minimum absolute atomic E-state index is 0.112. The molecule has 0 aliphatic heterocycles. The number of aryl methyl sites for hydroxylation is 1. The van der Waals surface area contributed by atoms with Crippen molar-refractivity contribution >= 4 is 15.7 Å². The summed E-state index contributed by atoms with van der Waals surface area (Å²) in [5.41, 5.74) is -0.692. The van der Waals surface area contributed by atoms with Crippen LogP contribution in [0.25, 0.3) is 0 Å². The van der Waals surface area contributed by atoms with Crippen molar-refractivity contribution in [2.75, 3.05) is 0 Å². The molecule has 18 heavy (non-hydrogen) atoms. The third-order valence-electron chi connectivity index (χ3n) is 2.63. The molecule has 0 saturated heterocycles. The number of nitro groups is 1. The second-order valence-electron chi connectivity index (χ2n) is 4.22. The number of benzene rings is 1. The Morgan fingerprint density at radius 3 is 2.56 bits per heavy atom. The number of sulfonamides is 1. The van der Waals surface area contributed by atoms with Gasteiger partial charge in [-0.1, -0.05) is 0 Å². The van der Waals surface area contributed by atoms with Gasteiger partial charge in [0.15, 0.2) is 0 Å². The molecule has 0 radical (unpaired) electrons. The molecule has 6 nitrogen and oxygen atoms in total. The molecule has 1 aromatic rings. The van der Waals surface area contributed by atoms with Crippen molar-refractivity contribution in [3.8, 4) is 0 Å². The van der Waals surface area contributed by atoms with Crippen molar-refractivity contribution in [3.05, 3.63) is 33.6 Å². The van der Waals surface area contributed by atoms with Crippen molar-refractivity contribution in [2.24, 2.45) is 0 Å². The maximum atomic E-state index is 13.3. The fourth-order valence-corrected chi connectivity index (χ4v) is 3.11. The zero-order valence-corrected chi connectivity index (χ0v) is 10.3. The van der Waals surface area contributed by atoms with Gasteiger partial charge in [-0.05, 0) is 31.4 Å². The number of hydrogen-bond acceptors (Lipinski definition) is 4. The highest BCUT2D eigenvalue weighted by Gasteiger charge is 2.30. The summed E-state index contributed by atoms with van der Waals surface area (Å²) in [5, 5.41) is 10.6. The lowest BCUT2D eigenvalue weighted by atomic mass is 10.2. The van der Waals surface area contributed by atoms with Crippen LogP contribution in [-0.2, 0) is 10.0 Å². The summed E-state index contributed by atoms with van der Waals surface area (Å²) in [7, 11) is -3.82. The van der Waals surface area contributed by atoms with Crippen LogP contribution in [0.15, 0.2) is 17.0 Å². The van der Waals surface area contributed by atoms with Gasteiger partial charge in [0.25, 0.3) is 0 Å². The van der Waals surface area contributed by atoms with Gasteiger partial charge in [-0.3, -0.25) is 10.1 Å². The lowest BCUT2D eigenvalue weighted by Gasteiger charge is -2.08. The molecule has 1 N–H and O–H groups in total. The Kier molecular flexibility index (Phi) is 3.07. The number of halogens is 1. The zero-order valence-electron chi connectivity index (χ0n) is 9.51. The normalized spacial score (nSPS) is 15.7. The molecule has 1 aliphatic rings. The van der Waals surface area contributed by atoms with Gasteiger partial charge in [0.1, 0.15) is 0 Å². The van der Waals surface area contributed by atoms with Gasteiger partial charge in [-0.25, -0.2) is 13.1 Å². The smallest absolute Gasteiger partial charge is 0.258 e. The number of nitrogens with zero attached hydrogens (tertiary/aromatic N) is 1. The zero-order chi connectivity index (χ0) is 13.5. The summed E-state index contributed by atoms with van der Waals surface area (Å²) in [6.07, 6.45) is 1.50. The van der Waals surface area contributed by atoms with E-state index < -0.39 is 26.5 Å². The van der Waals surface area contributed by atoms with E-state index in [1.165, 1.54) is 6.92 Å². The molecule has 0 spiro atoms. The average Bonchev–Trinajstić information content (AvgIpc) is 2.99. The van der Waals surface area contributed by atoms with Gasteiger partial charge in [-0.15, -0.1) is 0 Å². The van der Waals surface area contributed by atoms with E-state index in [1.807, 2.05) is 0 Å². The maximum absolute atomic E-state index is 13.3. The van der Waals surface area contributed by atoms with Crippen LogP contribution in [0.5, 0.6) is 0 Å². The second kappa shape index (κ2) is 4.29. The fourth-order valence-electron chi connectivity index (χ4n) is 1.56. The largest absolute Gasteiger partial charge is 0.306 e. The summed E-state index contributed by atoms with van der Waals surface area (Å²) in [6.45, 7) is 1.40. The molecule has 0 heterocycles. The first-order valence-corrected chi connectivity index (χ1v) is 6.76. The Hall–Kier alpha value is -1.54. The molecule has 1 fully saturated rings. The van der Waals surface area contributed by atoms with Gasteiger partial charge < -0.3 is 0 Å². The van der Waals surface area contributed by atoms with Crippen LogP contribution >= 0.6 is 0 Å². The van der Waals surface area contributed by atoms with Crippen LogP contribution < -0.4 is 4.72 Å². The third-order valence-corrected chi connectivity index (χ3v) is 4.29. The summed E-state index contributed by atoms with van der Waals surface area (Å²) >= 11 is 0. The molecule has 0 amide bonds. The minimum atomic E-state index is -3.82. The first-order valence-electron chi connectivity index (χ1n) is 5.28. The topological polar surface area (TPSA) is 89.3 Å². The lowest BCUT2D eigenvalue weighted by molar-refractivity contribution is -0.387. The van der Waals surface area contributed by atoms with Gasteiger partial charge in [0.2, 0.25) is 15.8 Å². The average molecular weight is 274 g/mol. The van der Waals surface area contributed by atoms with E-state index in [2.05, 4.69) is 4.72 Å². The molecule has 0 bridgehead atoms. The summed E-state index contributed by atoms with van der Waals surface area (Å²) < 4.78 is 39.6. The summed E-state index contributed by atoms with van der Waals surface area (Å²) in [4.78, 5) is 9.41. The first-order chi connectivity index (χ1) is 8.31. The van der Waals surface area contributed by atoms with Crippen molar-refractivity contribution in [2.45, 2.75) is 30.7 Å². The van der Waals surface area contributed by atoms with Crippen LogP contribution in [-0.4, -0.2) is 19.4 Å². The van der Waals surface area contributed by atoms with E-state index in [4.69, 9.17) is 0 Å². The molecule has 1 aromatic carbocycles. The standard InChI is InChI=1S/C10H11FN2O4S/c1-6-4-8(11)9(13(14)15)5-10(6)18(16,17)12-7-2-3-7/h4-5,7,12H,2-3H2,1H3. The predicted octanol–water partition coefficient (Wildman–Crippen LogP) is 1.48. The quantitative estimate of drug-likeness (QED) is 0.665. The van der Waals surface area contributed by atoms with Crippen molar-refractivity contribution < 1.29 is 17.7 Å². The van der Waals surface area contributed by atoms with Crippen LogP contribution in [0.3, 0.4) is 0 Å². The lowest BCUT2D eigenvalue weighted by Crippen LogP contribution is -2.26. The van der Waals surface area contributed by atoms with Gasteiger partial charge in [-0.2, -0.15) is 4.39 Å². The molecular weight excluding hydrogens is 263 g/mol. The van der Waals surface area contributed by atoms with Crippen molar-refractivity contribution in [1.82, 2.24) is 4.72 Å². The van der Waals surface area contributed by atoms with E-state index in [0.717, 1.165) is 25.0 Å². The fraction of sp³-hybridized carbons (Fsp3) is 0.400. The minimum Gasteiger partial charge on any atom is -0.258 e. The highest BCUT2D eigenvalue weighted by molar-refractivity contribution is 7.89. The van der Waals surface area contributed by atoms with Gasteiger partial charge in [0, 0.05) is 12.1 Å². The summed E-state index contributed by atoms with van der Waals surface area (Å²) in [6, 6.07) is 1.51. The van der Waals surface area contributed by atoms with Crippen LogP contribution in [0.1, 0.15) is 18.4 Å². The number of nitrogens with one attached hydrogen (secondary N) is 1. The Bertz CT molecular complexity index is 611. The van der Waals surface area contributed by atoms with Crippen LogP contribution in [0.4, 0.5) is 10.1 Å². The number of nitro benzene ring substituents is 1. The SMILES string of the molecule is Cc1cc(F)c([N+](=O)[O-])cc1S(=O)(=O)NC1CC1. The summed E-state index contributed by atoms with van der Waals surface area (Å²) in [5.74, 6) is -1.04. The Morgan fingerprint density at radius 1 is 1.44 bits per heavy atom. The van der Waals surface area contributed by atoms with E-state index >= 15 is 0 Å². The molecule has 98 valence electrons. The molecule has 1 saturated carbocycles. The highest BCUT2D eigenvalue weighted by Crippen LogP contribution is 2.27. The Labute approximate surface area is 103 Å². The maximum Gasteiger partial charge on any atom is 0.306 e. The second-order valence-corrected chi connectivity index (χ2v) is 5.90. The van der Waals surface area contributed by atoms with Gasteiger partial charge in [0.05, 0.1) is 9.82 Å². The molecule has 8 heteroatoms. The van der Waals surface area contributed by atoms with Crippen LogP contribution in [0.2, 0.25) is 0 Å². The van der Waals surface area contributed by atoms with Crippen molar-refractivity contribution in [3.63, 3.8) is 0 Å². The van der Waals surface area contributed by atoms with E-state index in [9.17, 15) is 22.9 Å². The number of hydrogen-bond donors (Lipinski definition) is 1. The Balaban J connectivity index is 2.49. The highest BCUT2D eigenvalue weighted by atomic mass is 32.2. The molecule has 0 atom stereocenters. The van der Waals surface area contributed by atoms with E-state index in [-0.39, 0.29) is 16.5 Å². The Morgan fingerprint density at radius 2 is 2.06 bits per heavy atom. The molecule has 0 aromatic heterocycles. The van der Waals surface area contributed by atoms with E-state index in [1.54, 1.807) is 0 Å².